The van der Waals surface area contributed by atoms with Gasteiger partial charge in [0.25, 0.3) is 5.91 Å². The van der Waals surface area contributed by atoms with Gasteiger partial charge in [0.1, 0.15) is 5.54 Å². The van der Waals surface area contributed by atoms with Gasteiger partial charge >= 0.3 is 0 Å². The molecule has 25 heavy (non-hydrogen) atoms. The summed E-state index contributed by atoms with van der Waals surface area (Å²) in [5, 5.41) is 3.54. The quantitative estimate of drug-likeness (QED) is 0.823. The number of carbonyl (C=O) groups is 1. The molecule has 0 fully saturated rings. The van der Waals surface area contributed by atoms with Crippen molar-refractivity contribution in [2.75, 3.05) is 18.4 Å². The molecule has 1 amide bonds. The van der Waals surface area contributed by atoms with Crippen molar-refractivity contribution >= 4 is 47.2 Å². The molecule has 2 aromatic rings. The van der Waals surface area contributed by atoms with Gasteiger partial charge in [-0.15, -0.1) is 36.2 Å². The number of nitrogens with zero attached hydrogens (tertiary/aromatic N) is 2. The van der Waals surface area contributed by atoms with E-state index in [0.29, 0.717) is 5.13 Å². The molecule has 0 saturated carbocycles. The van der Waals surface area contributed by atoms with E-state index in [-0.39, 0.29) is 30.7 Å². The molecule has 0 bridgehead atoms. The summed E-state index contributed by atoms with van der Waals surface area (Å²) in [7, 11) is 0. The highest BCUT2D eigenvalue weighted by atomic mass is 35.5. The fourth-order valence-corrected chi connectivity index (χ4v) is 3.76. The maximum Gasteiger partial charge on any atom is 0.250 e. The number of aromatic nitrogens is 1. The lowest BCUT2D eigenvalue weighted by molar-refractivity contribution is -0.120. The van der Waals surface area contributed by atoms with Gasteiger partial charge in [0.15, 0.2) is 5.13 Å². The number of hydrogen-bond donors (Lipinski definition) is 2. The third kappa shape index (κ3) is 4.71. The number of hydrogen-bond acceptors (Lipinski definition) is 5. The van der Waals surface area contributed by atoms with E-state index in [9.17, 15) is 4.79 Å². The third-order valence-corrected chi connectivity index (χ3v) is 5.32. The summed E-state index contributed by atoms with van der Waals surface area (Å²) in [6.07, 6.45) is 0.939. The van der Waals surface area contributed by atoms with E-state index >= 15 is 0 Å². The highest BCUT2D eigenvalue weighted by molar-refractivity contribution is 7.15. The zero-order valence-corrected chi connectivity index (χ0v) is 16.8. The maximum atomic E-state index is 12.6. The number of halogens is 2. The molecule has 1 atom stereocenters. The molecule has 0 saturated heterocycles. The summed E-state index contributed by atoms with van der Waals surface area (Å²) in [6.45, 7) is 6.86. The SMILES string of the molecule is CCN1CCc2nc(NC(=O)C(C)(N)c3ccccc3)sc2C1.Cl.Cl. The number of fused-ring (bicyclic) bond motifs is 1. The summed E-state index contributed by atoms with van der Waals surface area (Å²) in [6, 6.07) is 9.41. The van der Waals surface area contributed by atoms with Gasteiger partial charge < -0.3 is 11.1 Å². The molecule has 1 aliphatic rings. The van der Waals surface area contributed by atoms with Gasteiger partial charge in [-0.05, 0) is 19.0 Å². The summed E-state index contributed by atoms with van der Waals surface area (Å²) in [5.41, 5.74) is 7.06. The van der Waals surface area contributed by atoms with E-state index in [4.69, 9.17) is 5.73 Å². The van der Waals surface area contributed by atoms with Crippen molar-refractivity contribution in [3.05, 3.63) is 46.5 Å². The van der Waals surface area contributed by atoms with Crippen LogP contribution in [0.15, 0.2) is 30.3 Å². The van der Waals surface area contributed by atoms with Crippen LogP contribution in [-0.4, -0.2) is 28.9 Å². The number of thiazole rings is 1. The molecule has 0 radical (unpaired) electrons. The van der Waals surface area contributed by atoms with Crippen molar-refractivity contribution < 1.29 is 4.79 Å². The second-order valence-electron chi connectivity index (χ2n) is 6.03. The van der Waals surface area contributed by atoms with Crippen LogP contribution in [0.3, 0.4) is 0 Å². The van der Waals surface area contributed by atoms with Crippen LogP contribution in [0.5, 0.6) is 0 Å². The molecule has 1 aromatic carbocycles. The number of anilines is 1. The minimum atomic E-state index is -1.08. The number of amides is 1. The van der Waals surface area contributed by atoms with Crippen molar-refractivity contribution in [1.29, 1.82) is 0 Å². The first-order chi connectivity index (χ1) is 11.0. The number of nitrogens with two attached hydrogens (primary N) is 1. The first-order valence-corrected chi connectivity index (χ1v) is 8.69. The first kappa shape index (κ1) is 21.9. The molecule has 138 valence electrons. The molecule has 0 spiro atoms. The van der Waals surface area contributed by atoms with E-state index in [2.05, 4.69) is 22.1 Å². The van der Waals surface area contributed by atoms with E-state index in [1.165, 1.54) is 4.88 Å². The largest absolute Gasteiger partial charge is 0.314 e. The van der Waals surface area contributed by atoms with E-state index in [0.717, 1.165) is 37.3 Å². The molecule has 8 heteroatoms. The molecule has 2 heterocycles. The van der Waals surface area contributed by atoms with Crippen molar-refractivity contribution in [3.63, 3.8) is 0 Å². The van der Waals surface area contributed by atoms with Crippen LogP contribution >= 0.6 is 36.2 Å². The average Bonchev–Trinajstić information content (AvgIpc) is 2.96. The Morgan fingerprint density at radius 3 is 2.68 bits per heavy atom. The third-order valence-electron chi connectivity index (χ3n) is 4.32. The summed E-state index contributed by atoms with van der Waals surface area (Å²) >= 11 is 1.55. The van der Waals surface area contributed by atoms with Crippen molar-refractivity contribution in [1.82, 2.24) is 9.88 Å². The number of rotatable bonds is 4. The maximum absolute atomic E-state index is 12.6. The molecular weight excluding hydrogens is 379 g/mol. The molecular formula is C17H24Cl2N4OS. The summed E-state index contributed by atoms with van der Waals surface area (Å²) < 4.78 is 0. The molecule has 5 nitrogen and oxygen atoms in total. The minimum Gasteiger partial charge on any atom is -0.314 e. The van der Waals surface area contributed by atoms with Gasteiger partial charge in [-0.25, -0.2) is 4.98 Å². The van der Waals surface area contributed by atoms with Gasteiger partial charge in [-0.2, -0.15) is 0 Å². The number of carbonyl (C=O) groups excluding carboxylic acids is 1. The van der Waals surface area contributed by atoms with Crippen molar-refractivity contribution in [2.24, 2.45) is 5.73 Å². The summed E-state index contributed by atoms with van der Waals surface area (Å²) in [4.78, 5) is 20.8. The molecule has 3 rings (SSSR count). The first-order valence-electron chi connectivity index (χ1n) is 7.87. The Hall–Kier alpha value is -1.18. The minimum absolute atomic E-state index is 0. The average molecular weight is 403 g/mol. The second-order valence-corrected chi connectivity index (χ2v) is 7.11. The fraction of sp³-hybridized carbons (Fsp3) is 0.412. The Kier molecular flexibility index (Phi) is 7.84. The normalized spacial score (nSPS) is 16.0. The van der Waals surface area contributed by atoms with Crippen molar-refractivity contribution in [2.45, 2.75) is 32.4 Å². The molecule has 1 unspecified atom stereocenters. The van der Waals surface area contributed by atoms with Crippen LogP contribution in [0.2, 0.25) is 0 Å². The van der Waals surface area contributed by atoms with Crippen LogP contribution in [0.4, 0.5) is 5.13 Å². The molecule has 1 aromatic heterocycles. The Morgan fingerprint density at radius 2 is 2.04 bits per heavy atom. The molecule has 1 aliphatic heterocycles. The molecule has 3 N–H and O–H groups in total. The predicted octanol–water partition coefficient (Wildman–Crippen LogP) is 3.18. The number of likely N-dealkylation sites (N-methyl/N-ethyl adjacent to an activating group) is 1. The standard InChI is InChI=1S/C17H22N4OS.2ClH/c1-3-21-10-9-13-14(11-21)23-16(19-13)20-15(22)17(2,18)12-7-5-4-6-8-12;;/h4-8H,3,9-11,18H2,1-2H3,(H,19,20,22);2*1H. The highest BCUT2D eigenvalue weighted by Gasteiger charge is 2.31. The highest BCUT2D eigenvalue weighted by Crippen LogP contribution is 2.29. The lowest BCUT2D eigenvalue weighted by Gasteiger charge is -2.23. The van der Waals surface area contributed by atoms with Gasteiger partial charge in [0.2, 0.25) is 0 Å². The van der Waals surface area contributed by atoms with Crippen molar-refractivity contribution in [3.8, 4) is 0 Å². The summed E-state index contributed by atoms with van der Waals surface area (Å²) in [5.74, 6) is -0.234. The van der Waals surface area contributed by atoms with E-state index in [1.807, 2.05) is 30.3 Å². The van der Waals surface area contributed by atoms with Crippen LogP contribution in [0.25, 0.3) is 0 Å². The van der Waals surface area contributed by atoms with Crippen LogP contribution < -0.4 is 11.1 Å². The lowest BCUT2D eigenvalue weighted by Crippen LogP contribution is -2.45. The van der Waals surface area contributed by atoms with Crippen LogP contribution in [0, 0.1) is 0 Å². The Labute approximate surface area is 164 Å². The van der Waals surface area contributed by atoms with Gasteiger partial charge in [0.05, 0.1) is 5.69 Å². The monoisotopic (exact) mass is 402 g/mol. The Balaban J connectivity index is 0.00000156. The number of benzene rings is 1. The van der Waals surface area contributed by atoms with Gasteiger partial charge in [-0.3, -0.25) is 9.69 Å². The van der Waals surface area contributed by atoms with Gasteiger partial charge in [0, 0.05) is 24.4 Å². The van der Waals surface area contributed by atoms with Crippen LogP contribution in [0.1, 0.15) is 30.0 Å². The lowest BCUT2D eigenvalue weighted by atomic mass is 9.92. The molecule has 0 aliphatic carbocycles. The topological polar surface area (TPSA) is 71.2 Å². The second kappa shape index (κ2) is 8.96. The fourth-order valence-electron chi connectivity index (χ4n) is 2.71. The zero-order valence-electron chi connectivity index (χ0n) is 14.3. The van der Waals surface area contributed by atoms with E-state index in [1.54, 1.807) is 18.3 Å². The Bertz CT molecular complexity index is 706. The van der Waals surface area contributed by atoms with Gasteiger partial charge in [-0.1, -0.05) is 37.3 Å². The number of nitrogens with one attached hydrogen (secondary N) is 1. The van der Waals surface area contributed by atoms with Crippen LogP contribution in [-0.2, 0) is 23.3 Å². The predicted molar refractivity (Wildman–Crippen MR) is 108 cm³/mol. The smallest absolute Gasteiger partial charge is 0.250 e. The zero-order chi connectivity index (χ0) is 16.4. The Morgan fingerprint density at radius 1 is 1.36 bits per heavy atom. The van der Waals surface area contributed by atoms with E-state index < -0.39 is 5.54 Å².